The van der Waals surface area contributed by atoms with Crippen LogP contribution in [-0.4, -0.2) is 10.7 Å². The molecule has 0 amide bonds. The normalized spacial score (nSPS) is 10.7. The highest BCUT2D eigenvalue weighted by Gasteiger charge is 2.10. The molecule has 0 aliphatic heterocycles. The zero-order valence-electron chi connectivity index (χ0n) is 10.1. The fourth-order valence-electron chi connectivity index (χ4n) is 1.56. The van der Waals surface area contributed by atoms with E-state index in [2.05, 4.69) is 37.0 Å². The van der Waals surface area contributed by atoms with E-state index in [1.807, 2.05) is 6.07 Å². The van der Waals surface area contributed by atoms with Gasteiger partial charge in [-0.2, -0.15) is 0 Å². The van der Waals surface area contributed by atoms with E-state index in [1.54, 1.807) is 23.1 Å². The number of thiazole rings is 1. The maximum atomic E-state index is 6.04. The lowest BCUT2D eigenvalue weighted by atomic mass is 10.1. The van der Waals surface area contributed by atoms with Crippen LogP contribution in [0.15, 0.2) is 28.6 Å². The minimum atomic E-state index is 0.814. The molecular weight excluding hydrogens is 248 g/mol. The van der Waals surface area contributed by atoms with Crippen LogP contribution in [0.1, 0.15) is 18.9 Å². The summed E-state index contributed by atoms with van der Waals surface area (Å²) in [6, 6.07) is 8.31. The molecule has 0 saturated heterocycles. The summed E-state index contributed by atoms with van der Waals surface area (Å²) in [5.74, 6) is 1.10. The standard InChI is InChI=1S/C13H16N2S2/c1-3-7-16-13-15-11(12(14)17-13)10-6-4-5-9(2)8-10/h4-6,8H,3,7,14H2,1-2H3. The molecule has 0 unspecified atom stereocenters. The van der Waals surface area contributed by atoms with Crippen molar-refractivity contribution in [3.63, 3.8) is 0 Å². The third-order valence-electron chi connectivity index (χ3n) is 2.35. The highest BCUT2D eigenvalue weighted by molar-refractivity contribution is 8.01. The monoisotopic (exact) mass is 264 g/mol. The molecule has 0 bridgehead atoms. The molecule has 90 valence electrons. The molecule has 0 radical (unpaired) electrons. The Balaban J connectivity index is 2.29. The van der Waals surface area contributed by atoms with Gasteiger partial charge in [0, 0.05) is 11.3 Å². The Bertz CT molecular complexity index is 506. The van der Waals surface area contributed by atoms with Crippen LogP contribution in [0.2, 0.25) is 0 Å². The first-order valence-electron chi connectivity index (χ1n) is 5.67. The predicted octanol–water partition coefficient (Wildman–Crippen LogP) is 4.20. The second-order valence-corrected chi connectivity index (χ2v) is 6.28. The maximum absolute atomic E-state index is 6.04. The lowest BCUT2D eigenvalue weighted by Crippen LogP contribution is -1.86. The van der Waals surface area contributed by atoms with E-state index in [0.717, 1.165) is 32.8 Å². The molecule has 2 aromatic rings. The van der Waals surface area contributed by atoms with Crippen LogP contribution in [0, 0.1) is 6.92 Å². The number of anilines is 1. The Hall–Kier alpha value is -1.00. The molecule has 2 N–H and O–H groups in total. The van der Waals surface area contributed by atoms with Crippen molar-refractivity contribution in [1.82, 2.24) is 4.98 Å². The van der Waals surface area contributed by atoms with Gasteiger partial charge in [0.1, 0.15) is 10.7 Å². The molecule has 4 heteroatoms. The van der Waals surface area contributed by atoms with Gasteiger partial charge in [0.2, 0.25) is 0 Å². The average molecular weight is 264 g/mol. The predicted molar refractivity (Wildman–Crippen MR) is 77.7 cm³/mol. The van der Waals surface area contributed by atoms with Crippen molar-refractivity contribution in [3.05, 3.63) is 29.8 Å². The van der Waals surface area contributed by atoms with Crippen LogP contribution in [0.5, 0.6) is 0 Å². The van der Waals surface area contributed by atoms with E-state index >= 15 is 0 Å². The molecule has 0 fully saturated rings. The molecule has 17 heavy (non-hydrogen) atoms. The minimum absolute atomic E-state index is 0.814. The Morgan fingerprint density at radius 2 is 2.24 bits per heavy atom. The van der Waals surface area contributed by atoms with Gasteiger partial charge in [0.05, 0.1) is 0 Å². The average Bonchev–Trinajstić information content (AvgIpc) is 2.68. The maximum Gasteiger partial charge on any atom is 0.152 e. The van der Waals surface area contributed by atoms with E-state index in [0.29, 0.717) is 0 Å². The summed E-state index contributed by atoms with van der Waals surface area (Å²) in [6.45, 7) is 4.25. The van der Waals surface area contributed by atoms with E-state index in [4.69, 9.17) is 5.73 Å². The van der Waals surface area contributed by atoms with Gasteiger partial charge in [0.15, 0.2) is 4.34 Å². The summed E-state index contributed by atoms with van der Waals surface area (Å²) in [5, 5.41) is 0.814. The third-order valence-corrected chi connectivity index (χ3v) is 4.59. The topological polar surface area (TPSA) is 38.9 Å². The van der Waals surface area contributed by atoms with Gasteiger partial charge in [-0.1, -0.05) is 53.8 Å². The van der Waals surface area contributed by atoms with Crippen molar-refractivity contribution in [3.8, 4) is 11.3 Å². The van der Waals surface area contributed by atoms with Crippen molar-refractivity contribution in [2.75, 3.05) is 11.5 Å². The van der Waals surface area contributed by atoms with Crippen LogP contribution >= 0.6 is 23.1 Å². The van der Waals surface area contributed by atoms with Gasteiger partial charge in [0.25, 0.3) is 0 Å². The smallest absolute Gasteiger partial charge is 0.152 e. The zero-order chi connectivity index (χ0) is 12.3. The van der Waals surface area contributed by atoms with Crippen LogP contribution < -0.4 is 5.73 Å². The molecule has 2 nitrogen and oxygen atoms in total. The number of thioether (sulfide) groups is 1. The zero-order valence-corrected chi connectivity index (χ0v) is 11.7. The number of rotatable bonds is 4. The minimum Gasteiger partial charge on any atom is -0.389 e. The second kappa shape index (κ2) is 5.56. The van der Waals surface area contributed by atoms with Crippen molar-refractivity contribution < 1.29 is 0 Å². The van der Waals surface area contributed by atoms with Gasteiger partial charge in [-0.15, -0.1) is 0 Å². The first-order valence-corrected chi connectivity index (χ1v) is 7.47. The molecule has 1 aromatic heterocycles. The summed E-state index contributed by atoms with van der Waals surface area (Å²) < 4.78 is 1.07. The SMILES string of the molecule is CCCSc1nc(-c2cccc(C)c2)c(N)s1. The first kappa shape index (κ1) is 12.5. The number of aryl methyl sites for hydroxylation is 1. The largest absolute Gasteiger partial charge is 0.389 e. The number of nitrogens with two attached hydrogens (primary N) is 1. The molecular formula is C13H16N2S2. The molecule has 0 spiro atoms. The van der Waals surface area contributed by atoms with Crippen LogP contribution in [0.4, 0.5) is 5.00 Å². The van der Waals surface area contributed by atoms with Gasteiger partial charge >= 0.3 is 0 Å². The summed E-state index contributed by atoms with van der Waals surface area (Å²) in [7, 11) is 0. The third kappa shape index (κ3) is 3.01. The van der Waals surface area contributed by atoms with Crippen molar-refractivity contribution in [1.29, 1.82) is 0 Å². The molecule has 2 rings (SSSR count). The quantitative estimate of drug-likeness (QED) is 0.841. The molecule has 1 heterocycles. The molecule has 0 atom stereocenters. The Morgan fingerprint density at radius 3 is 2.94 bits per heavy atom. The van der Waals surface area contributed by atoms with Gasteiger partial charge < -0.3 is 5.73 Å². The summed E-state index contributed by atoms with van der Waals surface area (Å²) in [6.07, 6.45) is 1.16. The fraction of sp³-hybridized carbons (Fsp3) is 0.308. The highest BCUT2D eigenvalue weighted by atomic mass is 32.2. The van der Waals surface area contributed by atoms with Crippen LogP contribution in [-0.2, 0) is 0 Å². The Morgan fingerprint density at radius 1 is 1.41 bits per heavy atom. The number of nitrogen functional groups attached to an aromatic ring is 1. The number of aromatic nitrogens is 1. The van der Waals surface area contributed by atoms with Gasteiger partial charge in [-0.25, -0.2) is 4.98 Å². The molecule has 1 aromatic carbocycles. The van der Waals surface area contributed by atoms with E-state index < -0.39 is 0 Å². The summed E-state index contributed by atoms with van der Waals surface area (Å²) in [4.78, 5) is 4.62. The lowest BCUT2D eigenvalue weighted by Gasteiger charge is -1.99. The number of benzene rings is 1. The van der Waals surface area contributed by atoms with Crippen molar-refractivity contribution in [2.24, 2.45) is 0 Å². The second-order valence-electron chi connectivity index (χ2n) is 3.91. The fourth-order valence-corrected chi connectivity index (χ4v) is 3.44. The molecule has 0 aliphatic carbocycles. The molecule has 0 saturated carbocycles. The number of hydrogen-bond acceptors (Lipinski definition) is 4. The molecule has 0 aliphatic rings. The van der Waals surface area contributed by atoms with Crippen molar-refractivity contribution in [2.45, 2.75) is 24.6 Å². The number of nitrogens with zero attached hydrogens (tertiary/aromatic N) is 1. The van der Waals surface area contributed by atoms with E-state index in [9.17, 15) is 0 Å². The van der Waals surface area contributed by atoms with Gasteiger partial charge in [-0.3, -0.25) is 0 Å². The highest BCUT2D eigenvalue weighted by Crippen LogP contribution is 2.35. The first-order chi connectivity index (χ1) is 8.20. The van der Waals surface area contributed by atoms with Gasteiger partial charge in [-0.05, 0) is 19.4 Å². The summed E-state index contributed by atoms with van der Waals surface area (Å²) in [5.41, 5.74) is 9.31. The summed E-state index contributed by atoms with van der Waals surface area (Å²) >= 11 is 3.37. The Kier molecular flexibility index (Phi) is 4.07. The lowest BCUT2D eigenvalue weighted by molar-refractivity contribution is 1.10. The van der Waals surface area contributed by atoms with Crippen LogP contribution in [0.3, 0.4) is 0 Å². The Labute approximate surface area is 110 Å². The number of hydrogen-bond donors (Lipinski definition) is 1. The van der Waals surface area contributed by atoms with Crippen molar-refractivity contribution >= 4 is 28.1 Å². The van der Waals surface area contributed by atoms with E-state index in [-0.39, 0.29) is 0 Å². The van der Waals surface area contributed by atoms with Crippen LogP contribution in [0.25, 0.3) is 11.3 Å². The van der Waals surface area contributed by atoms with E-state index in [1.165, 1.54) is 5.56 Å².